The lowest BCUT2D eigenvalue weighted by Gasteiger charge is -2.10. The first kappa shape index (κ1) is 17.9. The standard InChI is InChI=1S/C23H19N5O2/c1-29-20-8-7-15(10-21(20)30-2)19-11-22(24)28-23(27-19)17(13-26-28)16-9-14-5-3-4-6-18(14)25-12-16/h3-13H,24H2,1-2H3. The van der Waals surface area contributed by atoms with Crippen molar-refractivity contribution in [3.8, 4) is 33.9 Å². The zero-order chi connectivity index (χ0) is 20.7. The maximum absolute atomic E-state index is 6.29. The van der Waals surface area contributed by atoms with Crippen molar-refractivity contribution in [2.75, 3.05) is 20.0 Å². The van der Waals surface area contributed by atoms with E-state index in [0.29, 0.717) is 23.0 Å². The van der Waals surface area contributed by atoms with Gasteiger partial charge in [0.15, 0.2) is 17.1 Å². The monoisotopic (exact) mass is 397 g/mol. The number of fused-ring (bicyclic) bond motifs is 2. The molecule has 0 fully saturated rings. The SMILES string of the molecule is COc1ccc(-c2cc(N)n3ncc(-c4cnc5ccccc5c4)c3n2)cc1OC. The van der Waals surface area contributed by atoms with Gasteiger partial charge in [-0.3, -0.25) is 4.98 Å². The molecule has 0 unspecified atom stereocenters. The largest absolute Gasteiger partial charge is 0.493 e. The molecule has 5 aromatic rings. The summed E-state index contributed by atoms with van der Waals surface area (Å²) in [6.45, 7) is 0. The fourth-order valence-corrected chi connectivity index (χ4v) is 3.55. The molecule has 7 nitrogen and oxygen atoms in total. The quantitative estimate of drug-likeness (QED) is 0.489. The number of nitrogen functional groups attached to an aromatic ring is 1. The predicted octanol–water partition coefficient (Wildman–Crippen LogP) is 4.21. The summed E-state index contributed by atoms with van der Waals surface area (Å²) in [5.41, 5.74) is 11.3. The fraction of sp³-hybridized carbons (Fsp3) is 0.0870. The molecule has 7 heteroatoms. The van der Waals surface area contributed by atoms with Gasteiger partial charge in [0.1, 0.15) is 5.82 Å². The van der Waals surface area contributed by atoms with E-state index in [1.165, 1.54) is 0 Å². The van der Waals surface area contributed by atoms with Crippen LogP contribution in [0.25, 0.3) is 38.9 Å². The molecular formula is C23H19N5O2. The van der Waals surface area contributed by atoms with Crippen LogP contribution in [0.3, 0.4) is 0 Å². The Hall–Kier alpha value is -4.13. The number of hydrogen-bond donors (Lipinski definition) is 1. The van der Waals surface area contributed by atoms with Crippen LogP contribution in [0.1, 0.15) is 0 Å². The van der Waals surface area contributed by atoms with E-state index >= 15 is 0 Å². The number of ether oxygens (including phenoxy) is 2. The van der Waals surface area contributed by atoms with E-state index in [9.17, 15) is 0 Å². The summed E-state index contributed by atoms with van der Waals surface area (Å²) in [7, 11) is 3.21. The number of anilines is 1. The number of nitrogens with two attached hydrogens (primary N) is 1. The second kappa shape index (κ2) is 7.04. The minimum atomic E-state index is 0.491. The minimum absolute atomic E-state index is 0.491. The van der Waals surface area contributed by atoms with Crippen LogP contribution >= 0.6 is 0 Å². The van der Waals surface area contributed by atoms with Crippen molar-refractivity contribution in [1.82, 2.24) is 19.6 Å². The Labute approximate surface area is 172 Å². The van der Waals surface area contributed by atoms with Gasteiger partial charge in [-0.2, -0.15) is 9.61 Å². The summed E-state index contributed by atoms with van der Waals surface area (Å²) >= 11 is 0. The third kappa shape index (κ3) is 2.88. The number of para-hydroxylation sites is 1. The van der Waals surface area contributed by atoms with Crippen molar-refractivity contribution in [3.05, 3.63) is 67.0 Å². The number of rotatable bonds is 4. The number of aromatic nitrogens is 4. The summed E-state index contributed by atoms with van der Waals surface area (Å²) in [6.07, 6.45) is 3.60. The highest BCUT2D eigenvalue weighted by molar-refractivity contribution is 5.87. The molecule has 0 atom stereocenters. The first-order chi connectivity index (χ1) is 14.7. The predicted molar refractivity (Wildman–Crippen MR) is 117 cm³/mol. The Kier molecular flexibility index (Phi) is 4.21. The molecule has 0 bridgehead atoms. The van der Waals surface area contributed by atoms with E-state index in [1.807, 2.05) is 48.7 Å². The molecule has 3 aromatic heterocycles. The third-order valence-corrected chi connectivity index (χ3v) is 5.08. The minimum Gasteiger partial charge on any atom is -0.493 e. The Bertz CT molecular complexity index is 1390. The van der Waals surface area contributed by atoms with Gasteiger partial charge in [0, 0.05) is 34.3 Å². The highest BCUT2D eigenvalue weighted by Crippen LogP contribution is 2.34. The van der Waals surface area contributed by atoms with Gasteiger partial charge < -0.3 is 15.2 Å². The van der Waals surface area contributed by atoms with Gasteiger partial charge in [-0.25, -0.2) is 4.98 Å². The van der Waals surface area contributed by atoms with Gasteiger partial charge >= 0.3 is 0 Å². The second-order valence-electron chi connectivity index (χ2n) is 6.85. The van der Waals surface area contributed by atoms with Crippen molar-refractivity contribution >= 4 is 22.4 Å². The van der Waals surface area contributed by atoms with Crippen LogP contribution in [-0.2, 0) is 0 Å². The highest BCUT2D eigenvalue weighted by Gasteiger charge is 2.15. The Morgan fingerprint density at radius 1 is 0.867 bits per heavy atom. The first-order valence-corrected chi connectivity index (χ1v) is 9.40. The zero-order valence-corrected chi connectivity index (χ0v) is 16.5. The van der Waals surface area contributed by atoms with E-state index in [2.05, 4.69) is 16.1 Å². The summed E-state index contributed by atoms with van der Waals surface area (Å²) < 4.78 is 12.4. The highest BCUT2D eigenvalue weighted by atomic mass is 16.5. The average Bonchev–Trinajstić information content (AvgIpc) is 3.23. The summed E-state index contributed by atoms with van der Waals surface area (Å²) in [4.78, 5) is 9.41. The van der Waals surface area contributed by atoms with Gasteiger partial charge in [0.05, 0.1) is 31.6 Å². The molecule has 0 aliphatic heterocycles. The lowest BCUT2D eigenvalue weighted by Crippen LogP contribution is -2.01. The summed E-state index contributed by atoms with van der Waals surface area (Å²) in [6, 6.07) is 17.5. The molecule has 0 spiro atoms. The van der Waals surface area contributed by atoms with E-state index in [4.69, 9.17) is 20.2 Å². The smallest absolute Gasteiger partial charge is 0.165 e. The zero-order valence-electron chi connectivity index (χ0n) is 16.5. The lowest BCUT2D eigenvalue weighted by molar-refractivity contribution is 0.355. The molecule has 0 saturated heterocycles. The number of nitrogens with zero attached hydrogens (tertiary/aromatic N) is 4. The number of benzene rings is 2. The van der Waals surface area contributed by atoms with Crippen LogP contribution in [0, 0.1) is 0 Å². The molecule has 30 heavy (non-hydrogen) atoms. The number of pyridine rings is 1. The molecule has 2 N–H and O–H groups in total. The van der Waals surface area contributed by atoms with Crippen LogP contribution in [0.5, 0.6) is 11.5 Å². The summed E-state index contributed by atoms with van der Waals surface area (Å²) in [5.74, 6) is 1.77. The molecule has 0 amide bonds. The molecule has 5 rings (SSSR count). The van der Waals surface area contributed by atoms with Crippen molar-refractivity contribution in [1.29, 1.82) is 0 Å². The molecule has 0 saturated carbocycles. The normalized spacial score (nSPS) is 11.1. The Balaban J connectivity index is 1.68. The van der Waals surface area contributed by atoms with E-state index in [0.717, 1.165) is 33.3 Å². The van der Waals surface area contributed by atoms with Crippen molar-refractivity contribution in [3.63, 3.8) is 0 Å². The first-order valence-electron chi connectivity index (χ1n) is 9.40. The fourth-order valence-electron chi connectivity index (χ4n) is 3.55. The Morgan fingerprint density at radius 2 is 1.70 bits per heavy atom. The maximum atomic E-state index is 6.29. The van der Waals surface area contributed by atoms with E-state index in [-0.39, 0.29) is 0 Å². The van der Waals surface area contributed by atoms with Gasteiger partial charge in [0.2, 0.25) is 0 Å². The molecule has 2 aromatic carbocycles. The molecule has 148 valence electrons. The van der Waals surface area contributed by atoms with Crippen LogP contribution in [-0.4, -0.2) is 33.8 Å². The molecule has 0 radical (unpaired) electrons. The lowest BCUT2D eigenvalue weighted by atomic mass is 10.1. The molecule has 0 aliphatic rings. The maximum Gasteiger partial charge on any atom is 0.165 e. The van der Waals surface area contributed by atoms with E-state index < -0.39 is 0 Å². The van der Waals surface area contributed by atoms with Crippen LogP contribution in [0.4, 0.5) is 5.82 Å². The van der Waals surface area contributed by atoms with Gasteiger partial charge in [-0.05, 0) is 30.3 Å². The van der Waals surface area contributed by atoms with Crippen molar-refractivity contribution in [2.24, 2.45) is 0 Å². The van der Waals surface area contributed by atoms with Gasteiger partial charge in [0.25, 0.3) is 0 Å². The number of hydrogen-bond acceptors (Lipinski definition) is 6. The average molecular weight is 397 g/mol. The van der Waals surface area contributed by atoms with Crippen molar-refractivity contribution < 1.29 is 9.47 Å². The molecule has 0 aliphatic carbocycles. The third-order valence-electron chi connectivity index (χ3n) is 5.08. The van der Waals surface area contributed by atoms with Gasteiger partial charge in [-0.1, -0.05) is 18.2 Å². The molecule has 3 heterocycles. The van der Waals surface area contributed by atoms with Gasteiger partial charge in [-0.15, -0.1) is 0 Å². The number of methoxy groups -OCH3 is 2. The topological polar surface area (TPSA) is 87.6 Å². The van der Waals surface area contributed by atoms with Crippen LogP contribution in [0.15, 0.2) is 67.0 Å². The van der Waals surface area contributed by atoms with E-state index in [1.54, 1.807) is 31.0 Å². The van der Waals surface area contributed by atoms with Crippen LogP contribution < -0.4 is 15.2 Å². The molecular weight excluding hydrogens is 378 g/mol. The summed E-state index contributed by atoms with van der Waals surface area (Å²) in [5, 5.41) is 5.48. The Morgan fingerprint density at radius 3 is 2.53 bits per heavy atom. The second-order valence-corrected chi connectivity index (χ2v) is 6.85. The van der Waals surface area contributed by atoms with Crippen molar-refractivity contribution in [2.45, 2.75) is 0 Å². The van der Waals surface area contributed by atoms with Crippen LogP contribution in [0.2, 0.25) is 0 Å².